The van der Waals surface area contributed by atoms with Crippen LogP contribution in [0.15, 0.2) is 34.2 Å². The van der Waals surface area contributed by atoms with Crippen molar-refractivity contribution in [2.45, 2.75) is 26.4 Å². The molecule has 4 heteroatoms. The SMILES string of the molecule is Cc1ncsc1C(C)NCc1cccc(Br)c1. The van der Waals surface area contributed by atoms with Crippen LogP contribution in [0.5, 0.6) is 0 Å². The van der Waals surface area contributed by atoms with Crippen LogP contribution in [0.2, 0.25) is 0 Å². The summed E-state index contributed by atoms with van der Waals surface area (Å²) in [5, 5.41) is 3.52. The molecule has 0 aliphatic rings. The zero-order valence-corrected chi connectivity index (χ0v) is 12.3. The third kappa shape index (κ3) is 3.37. The number of nitrogens with one attached hydrogen (secondary N) is 1. The van der Waals surface area contributed by atoms with E-state index in [1.165, 1.54) is 10.4 Å². The van der Waals surface area contributed by atoms with Gasteiger partial charge in [-0.1, -0.05) is 28.1 Å². The van der Waals surface area contributed by atoms with Crippen molar-refractivity contribution in [3.05, 3.63) is 50.4 Å². The van der Waals surface area contributed by atoms with Gasteiger partial charge in [0, 0.05) is 21.9 Å². The highest BCUT2D eigenvalue weighted by atomic mass is 79.9. The Labute approximate surface area is 114 Å². The molecule has 0 saturated carbocycles. The third-order valence-electron chi connectivity index (χ3n) is 2.68. The molecule has 1 N–H and O–H groups in total. The minimum atomic E-state index is 0.349. The number of rotatable bonds is 4. The molecule has 0 bridgehead atoms. The highest BCUT2D eigenvalue weighted by Crippen LogP contribution is 2.21. The van der Waals surface area contributed by atoms with Gasteiger partial charge in [0.05, 0.1) is 11.2 Å². The summed E-state index contributed by atoms with van der Waals surface area (Å²) in [6.07, 6.45) is 0. The second-order valence-corrected chi connectivity index (χ2v) is 5.84. The minimum Gasteiger partial charge on any atom is -0.305 e. The summed E-state index contributed by atoms with van der Waals surface area (Å²) in [5.41, 5.74) is 4.32. The molecule has 1 unspecified atom stereocenters. The Kier molecular flexibility index (Phi) is 4.31. The van der Waals surface area contributed by atoms with Crippen LogP contribution < -0.4 is 5.32 Å². The maximum absolute atomic E-state index is 4.28. The molecule has 1 atom stereocenters. The lowest BCUT2D eigenvalue weighted by atomic mass is 10.2. The minimum absolute atomic E-state index is 0.349. The van der Waals surface area contributed by atoms with Gasteiger partial charge in [0.15, 0.2) is 0 Å². The van der Waals surface area contributed by atoms with Gasteiger partial charge < -0.3 is 5.32 Å². The number of halogens is 1. The number of benzene rings is 1. The number of nitrogens with zero attached hydrogens (tertiary/aromatic N) is 1. The lowest BCUT2D eigenvalue weighted by Crippen LogP contribution is -2.17. The summed E-state index contributed by atoms with van der Waals surface area (Å²) in [6.45, 7) is 5.11. The van der Waals surface area contributed by atoms with Crippen molar-refractivity contribution in [1.82, 2.24) is 10.3 Å². The summed E-state index contributed by atoms with van der Waals surface area (Å²) in [5.74, 6) is 0. The Bertz CT molecular complexity index is 496. The number of hydrogen-bond acceptors (Lipinski definition) is 3. The van der Waals surface area contributed by atoms with Gasteiger partial charge in [0.1, 0.15) is 0 Å². The number of hydrogen-bond donors (Lipinski definition) is 1. The maximum atomic E-state index is 4.28. The third-order valence-corrected chi connectivity index (χ3v) is 4.28. The molecular formula is C13H15BrN2S. The summed E-state index contributed by atoms with van der Waals surface area (Å²) >= 11 is 5.20. The fraction of sp³-hybridized carbons (Fsp3) is 0.308. The Morgan fingerprint density at radius 1 is 1.47 bits per heavy atom. The van der Waals surface area contributed by atoms with Crippen molar-refractivity contribution in [3.63, 3.8) is 0 Å². The van der Waals surface area contributed by atoms with E-state index in [0.29, 0.717) is 6.04 Å². The van der Waals surface area contributed by atoms with Crippen LogP contribution in [-0.2, 0) is 6.54 Å². The number of thiazole rings is 1. The second-order valence-electron chi connectivity index (χ2n) is 4.03. The maximum Gasteiger partial charge on any atom is 0.0798 e. The zero-order valence-electron chi connectivity index (χ0n) is 9.90. The molecule has 0 aliphatic carbocycles. The molecule has 0 fully saturated rings. The van der Waals surface area contributed by atoms with Crippen molar-refractivity contribution in [2.24, 2.45) is 0 Å². The smallest absolute Gasteiger partial charge is 0.0798 e. The van der Waals surface area contributed by atoms with E-state index in [0.717, 1.165) is 16.7 Å². The van der Waals surface area contributed by atoms with E-state index in [4.69, 9.17) is 0 Å². The molecule has 1 heterocycles. The fourth-order valence-corrected chi connectivity index (χ4v) is 3.02. The molecule has 2 nitrogen and oxygen atoms in total. The Morgan fingerprint density at radius 3 is 2.94 bits per heavy atom. The first-order valence-electron chi connectivity index (χ1n) is 5.54. The Hall–Kier alpha value is -0.710. The largest absolute Gasteiger partial charge is 0.305 e. The van der Waals surface area contributed by atoms with Crippen LogP contribution >= 0.6 is 27.3 Å². The van der Waals surface area contributed by atoms with Crippen LogP contribution in [0.1, 0.15) is 29.1 Å². The van der Waals surface area contributed by atoms with E-state index in [-0.39, 0.29) is 0 Å². The Balaban J connectivity index is 1.97. The average Bonchev–Trinajstić information content (AvgIpc) is 2.72. The van der Waals surface area contributed by atoms with E-state index in [1.54, 1.807) is 11.3 Å². The van der Waals surface area contributed by atoms with Crippen LogP contribution in [0.25, 0.3) is 0 Å². The predicted molar refractivity (Wildman–Crippen MR) is 76.2 cm³/mol. The standard InChI is InChI=1S/C13H15BrN2S/c1-9(13-10(2)16-8-17-13)15-7-11-4-3-5-12(14)6-11/h3-6,8-9,15H,7H2,1-2H3. The van der Waals surface area contributed by atoms with Gasteiger partial charge in [-0.3, -0.25) is 0 Å². The molecule has 17 heavy (non-hydrogen) atoms. The van der Waals surface area contributed by atoms with E-state index >= 15 is 0 Å². The quantitative estimate of drug-likeness (QED) is 0.921. The predicted octanol–water partition coefficient (Wildman–Crippen LogP) is 4.06. The van der Waals surface area contributed by atoms with E-state index in [1.807, 2.05) is 11.6 Å². The highest BCUT2D eigenvalue weighted by Gasteiger charge is 2.10. The van der Waals surface area contributed by atoms with Crippen LogP contribution in [0, 0.1) is 6.92 Å². The lowest BCUT2D eigenvalue weighted by Gasteiger charge is -2.13. The number of aryl methyl sites for hydroxylation is 1. The van der Waals surface area contributed by atoms with Crippen molar-refractivity contribution in [3.8, 4) is 0 Å². The summed E-state index contributed by atoms with van der Waals surface area (Å²) in [7, 11) is 0. The van der Waals surface area contributed by atoms with Gasteiger partial charge in [-0.25, -0.2) is 4.98 Å². The van der Waals surface area contributed by atoms with Crippen molar-refractivity contribution < 1.29 is 0 Å². The second kappa shape index (κ2) is 5.76. The average molecular weight is 311 g/mol. The lowest BCUT2D eigenvalue weighted by molar-refractivity contribution is 0.579. The monoisotopic (exact) mass is 310 g/mol. The van der Waals surface area contributed by atoms with Gasteiger partial charge in [0.2, 0.25) is 0 Å². The molecule has 0 spiro atoms. The van der Waals surface area contributed by atoms with Crippen molar-refractivity contribution >= 4 is 27.3 Å². The van der Waals surface area contributed by atoms with Gasteiger partial charge in [-0.05, 0) is 31.5 Å². The normalized spacial score (nSPS) is 12.6. The first kappa shape index (κ1) is 12.7. The van der Waals surface area contributed by atoms with Crippen LogP contribution in [0.4, 0.5) is 0 Å². The molecule has 1 aromatic carbocycles. The molecule has 0 radical (unpaired) electrons. The summed E-state index contributed by atoms with van der Waals surface area (Å²) in [6, 6.07) is 8.72. The molecule has 2 aromatic rings. The highest BCUT2D eigenvalue weighted by molar-refractivity contribution is 9.10. The molecule has 2 rings (SSSR count). The Morgan fingerprint density at radius 2 is 2.29 bits per heavy atom. The van der Waals surface area contributed by atoms with Gasteiger partial charge in [0.25, 0.3) is 0 Å². The molecule has 0 saturated heterocycles. The molecule has 0 amide bonds. The zero-order chi connectivity index (χ0) is 12.3. The van der Waals surface area contributed by atoms with Gasteiger partial charge >= 0.3 is 0 Å². The summed E-state index contributed by atoms with van der Waals surface area (Å²) < 4.78 is 1.12. The topological polar surface area (TPSA) is 24.9 Å². The molecule has 0 aliphatic heterocycles. The van der Waals surface area contributed by atoms with Crippen molar-refractivity contribution in [2.75, 3.05) is 0 Å². The van der Waals surface area contributed by atoms with Crippen molar-refractivity contribution in [1.29, 1.82) is 0 Å². The van der Waals surface area contributed by atoms with E-state index in [9.17, 15) is 0 Å². The molecular weight excluding hydrogens is 296 g/mol. The number of aromatic nitrogens is 1. The fourth-order valence-electron chi connectivity index (χ4n) is 1.74. The molecule has 1 aromatic heterocycles. The molecule has 90 valence electrons. The van der Waals surface area contributed by atoms with E-state index < -0.39 is 0 Å². The van der Waals surface area contributed by atoms with E-state index in [2.05, 4.69) is 58.3 Å². The van der Waals surface area contributed by atoms with Gasteiger partial charge in [-0.2, -0.15) is 0 Å². The summed E-state index contributed by atoms with van der Waals surface area (Å²) in [4.78, 5) is 5.60. The van der Waals surface area contributed by atoms with Crippen LogP contribution in [-0.4, -0.2) is 4.98 Å². The van der Waals surface area contributed by atoms with Gasteiger partial charge in [-0.15, -0.1) is 11.3 Å². The van der Waals surface area contributed by atoms with Crippen LogP contribution in [0.3, 0.4) is 0 Å². The first-order chi connectivity index (χ1) is 8.16. The first-order valence-corrected chi connectivity index (χ1v) is 7.22.